The Morgan fingerprint density at radius 2 is 1.81 bits per heavy atom. The van der Waals surface area contributed by atoms with Crippen LogP contribution in [0.2, 0.25) is 32.2 Å². The molecule has 0 aliphatic heterocycles. The first-order valence-corrected chi connectivity index (χ1v) is 22.8. The van der Waals surface area contributed by atoms with Gasteiger partial charge in [0.1, 0.15) is 0 Å². The summed E-state index contributed by atoms with van der Waals surface area (Å²) in [5, 5.41) is 0. The summed E-state index contributed by atoms with van der Waals surface area (Å²) in [5.74, 6) is 0. The maximum Gasteiger partial charge on any atom is 0.388 e. The largest absolute Gasteiger partial charge is 0.463 e. The summed E-state index contributed by atoms with van der Waals surface area (Å²) >= 11 is 0. The van der Waals surface area contributed by atoms with Gasteiger partial charge in [-0.15, -0.1) is 6.58 Å². The van der Waals surface area contributed by atoms with Crippen molar-refractivity contribution in [1.29, 1.82) is 0 Å². The molecule has 0 saturated heterocycles. The summed E-state index contributed by atoms with van der Waals surface area (Å²) in [6.07, 6.45) is -4.77. The molecule has 2 unspecified atom stereocenters. The van der Waals surface area contributed by atoms with Crippen LogP contribution in [0, 0.1) is 0 Å². The van der Waals surface area contributed by atoms with E-state index in [2.05, 4.69) is 26.2 Å². The lowest BCUT2D eigenvalue weighted by molar-refractivity contribution is -0.130. The highest BCUT2D eigenvalue weighted by molar-refractivity contribution is 7.21. The zero-order chi connectivity index (χ0) is 16.5. The fraction of sp³-hybridized carbons (Fsp3) is 0.778. The van der Waals surface area contributed by atoms with Gasteiger partial charge in [0.25, 0.3) is 0 Å². The lowest BCUT2D eigenvalue weighted by Crippen LogP contribution is -2.44. The van der Waals surface area contributed by atoms with Crippen LogP contribution in [0.3, 0.4) is 0 Å². The van der Waals surface area contributed by atoms with Crippen LogP contribution in [0.25, 0.3) is 0 Å². The molecule has 0 aromatic rings. The molecular formula is C9H27F3O3Si6. The maximum absolute atomic E-state index is 12.1. The van der Waals surface area contributed by atoms with Crippen LogP contribution in [-0.2, 0) is 12.3 Å². The summed E-state index contributed by atoms with van der Waals surface area (Å²) < 4.78 is 54.1. The molecule has 0 aliphatic rings. The Bertz CT molecular complexity index is 305. The Balaban J connectivity index is 3.83. The third-order valence-corrected chi connectivity index (χ3v) is 25.3. The van der Waals surface area contributed by atoms with E-state index in [4.69, 9.17) is 12.3 Å². The normalized spacial score (nSPS) is 17.5. The summed E-state index contributed by atoms with van der Waals surface area (Å²) in [6.45, 7) is 11.9. The SMILES string of the molecule is C=C[SiH](C)O[SiH2][SiH2]O[Si](C)(C)[SiH2]O[SiH](C)CCC(F)(F)F. The Morgan fingerprint density at radius 3 is 2.33 bits per heavy atom. The van der Waals surface area contributed by atoms with Gasteiger partial charge in [0, 0.05) is 6.42 Å². The lowest BCUT2D eigenvalue weighted by Gasteiger charge is -2.25. The Kier molecular flexibility index (Phi) is 10.8. The van der Waals surface area contributed by atoms with Crippen LogP contribution in [0.5, 0.6) is 0 Å². The van der Waals surface area contributed by atoms with Crippen molar-refractivity contribution in [3.8, 4) is 0 Å². The second kappa shape index (κ2) is 10.5. The van der Waals surface area contributed by atoms with Crippen LogP contribution in [0.15, 0.2) is 12.3 Å². The van der Waals surface area contributed by atoms with Gasteiger partial charge < -0.3 is 12.3 Å². The van der Waals surface area contributed by atoms with E-state index in [1.165, 1.54) is 0 Å². The zero-order valence-corrected chi connectivity index (χ0v) is 20.9. The molecular weight excluding hydrogens is 382 g/mol. The second-order valence-electron chi connectivity index (χ2n) is 5.70. The van der Waals surface area contributed by atoms with Crippen molar-refractivity contribution in [1.82, 2.24) is 0 Å². The van der Waals surface area contributed by atoms with Gasteiger partial charge in [0.05, 0.1) is 0 Å². The minimum Gasteiger partial charge on any atom is -0.463 e. The molecule has 0 radical (unpaired) electrons. The minimum absolute atomic E-state index is 0.179. The second-order valence-corrected chi connectivity index (χ2v) is 26.6. The van der Waals surface area contributed by atoms with E-state index in [1.54, 1.807) is 0 Å². The molecule has 0 amide bonds. The number of hydrogen-bond acceptors (Lipinski definition) is 3. The van der Waals surface area contributed by atoms with Gasteiger partial charge in [-0.05, 0) is 32.2 Å². The molecule has 0 aromatic carbocycles. The van der Waals surface area contributed by atoms with Crippen LogP contribution in [0.1, 0.15) is 6.42 Å². The molecule has 3 nitrogen and oxygen atoms in total. The van der Waals surface area contributed by atoms with Crippen LogP contribution in [0.4, 0.5) is 13.2 Å². The molecule has 21 heavy (non-hydrogen) atoms. The molecule has 0 aliphatic carbocycles. The molecule has 12 heteroatoms. The molecule has 0 rings (SSSR count). The molecule has 0 heterocycles. The van der Waals surface area contributed by atoms with E-state index < -0.39 is 66.4 Å². The van der Waals surface area contributed by atoms with Crippen LogP contribution >= 0.6 is 0 Å². The van der Waals surface area contributed by atoms with Crippen molar-refractivity contribution < 1.29 is 25.5 Å². The van der Waals surface area contributed by atoms with Gasteiger partial charge in [-0.25, -0.2) is 0 Å². The Labute approximate surface area is 136 Å². The lowest BCUT2D eigenvalue weighted by atomic mass is 10.5. The van der Waals surface area contributed by atoms with E-state index in [0.29, 0.717) is 0 Å². The first-order valence-electron chi connectivity index (χ1n) is 7.12. The molecule has 0 saturated carbocycles. The van der Waals surface area contributed by atoms with Gasteiger partial charge in [0.2, 0.25) is 0 Å². The van der Waals surface area contributed by atoms with Gasteiger partial charge in [0.15, 0.2) is 53.8 Å². The van der Waals surface area contributed by atoms with E-state index >= 15 is 0 Å². The van der Waals surface area contributed by atoms with Crippen molar-refractivity contribution in [2.24, 2.45) is 0 Å². The fourth-order valence-electron chi connectivity index (χ4n) is 1.45. The monoisotopic (exact) mass is 408 g/mol. The highest BCUT2D eigenvalue weighted by Crippen LogP contribution is 2.22. The van der Waals surface area contributed by atoms with Crippen molar-refractivity contribution in [3.63, 3.8) is 0 Å². The predicted octanol–water partition coefficient (Wildman–Crippen LogP) is 0.289. The van der Waals surface area contributed by atoms with Gasteiger partial charge in [-0.2, -0.15) is 13.2 Å². The molecule has 0 N–H and O–H groups in total. The molecule has 0 spiro atoms. The summed E-state index contributed by atoms with van der Waals surface area (Å²) in [5.41, 5.74) is 1.91. The molecule has 0 aromatic heterocycles. The van der Waals surface area contributed by atoms with Crippen molar-refractivity contribution in [3.05, 3.63) is 12.3 Å². The van der Waals surface area contributed by atoms with Crippen molar-refractivity contribution in [2.75, 3.05) is 0 Å². The number of hydrogen-bond donors (Lipinski definition) is 0. The molecule has 126 valence electrons. The highest BCUT2D eigenvalue weighted by atomic mass is 29.2. The molecule has 0 fully saturated rings. The average molecular weight is 409 g/mol. The summed E-state index contributed by atoms with van der Waals surface area (Å²) in [7, 11) is -6.48. The van der Waals surface area contributed by atoms with Crippen LogP contribution < -0.4 is 0 Å². The molecule has 2 atom stereocenters. The highest BCUT2D eigenvalue weighted by Gasteiger charge is 2.29. The smallest absolute Gasteiger partial charge is 0.388 e. The maximum atomic E-state index is 12.1. The quantitative estimate of drug-likeness (QED) is 0.363. The zero-order valence-electron chi connectivity index (χ0n) is 13.3. The van der Waals surface area contributed by atoms with Gasteiger partial charge >= 0.3 is 6.18 Å². The van der Waals surface area contributed by atoms with Gasteiger partial charge in [-0.3, -0.25) is 0 Å². The topological polar surface area (TPSA) is 27.7 Å². The standard InChI is InChI=1S/C9H27F3O3Si6/c1-6-19(2)13-16-17-15-21(4,5)18-14-20(3)8-7-9(10,11)12/h6,19-20H,1,7-8,16-18H2,2-5H3. The van der Waals surface area contributed by atoms with Crippen LogP contribution in [-0.4, -0.2) is 59.9 Å². The van der Waals surface area contributed by atoms with Crippen molar-refractivity contribution in [2.45, 2.75) is 44.8 Å². The number of alkyl halides is 3. The molecule has 0 bridgehead atoms. The first-order chi connectivity index (χ1) is 9.56. The number of rotatable bonds is 11. The average Bonchev–Trinajstić information content (AvgIpc) is 2.38. The third-order valence-electron chi connectivity index (χ3n) is 2.84. The number of halogens is 3. The predicted molar refractivity (Wildman–Crippen MR) is 98.1 cm³/mol. The van der Waals surface area contributed by atoms with E-state index in [9.17, 15) is 13.2 Å². The van der Waals surface area contributed by atoms with E-state index in [1.807, 2.05) is 12.2 Å². The first kappa shape index (κ1) is 21.7. The fourth-order valence-corrected chi connectivity index (χ4v) is 31.6. The van der Waals surface area contributed by atoms with E-state index in [0.717, 1.165) is 0 Å². The summed E-state index contributed by atoms with van der Waals surface area (Å²) in [6, 6.07) is 0.179. The Hall–Kier alpha value is 0.711. The van der Waals surface area contributed by atoms with E-state index in [-0.39, 0.29) is 6.04 Å². The minimum atomic E-state index is -4.06. The Morgan fingerprint density at radius 1 is 1.19 bits per heavy atom. The van der Waals surface area contributed by atoms with Crippen molar-refractivity contribution >= 4 is 53.8 Å². The van der Waals surface area contributed by atoms with Gasteiger partial charge in [-0.1, -0.05) is 5.70 Å². The summed E-state index contributed by atoms with van der Waals surface area (Å²) in [4.78, 5) is 0. The third kappa shape index (κ3) is 14.1.